The summed E-state index contributed by atoms with van der Waals surface area (Å²) in [6.45, 7) is 2.53. The molecule has 1 aromatic heterocycles. The molecular weight excluding hydrogens is 250 g/mol. The van der Waals surface area contributed by atoms with Gasteiger partial charge in [-0.25, -0.2) is 4.98 Å². The zero-order valence-corrected chi connectivity index (χ0v) is 10.9. The van der Waals surface area contributed by atoms with E-state index in [0.717, 1.165) is 37.2 Å². The van der Waals surface area contributed by atoms with Crippen molar-refractivity contribution in [3.8, 4) is 0 Å². The molecule has 0 radical (unpaired) electrons. The van der Waals surface area contributed by atoms with Gasteiger partial charge in [0.05, 0.1) is 17.1 Å². The SMILES string of the molecule is Nc1nc2c(Cl)cccc2n1CC1CCCOC1. The van der Waals surface area contributed by atoms with Gasteiger partial charge in [-0.1, -0.05) is 17.7 Å². The Morgan fingerprint density at radius 2 is 2.39 bits per heavy atom. The van der Waals surface area contributed by atoms with Crippen molar-refractivity contribution in [2.75, 3.05) is 18.9 Å². The van der Waals surface area contributed by atoms with Crippen molar-refractivity contribution in [1.82, 2.24) is 9.55 Å². The first kappa shape index (κ1) is 11.8. The van der Waals surface area contributed by atoms with Crippen molar-refractivity contribution in [2.24, 2.45) is 5.92 Å². The lowest BCUT2D eigenvalue weighted by Gasteiger charge is -2.23. The van der Waals surface area contributed by atoms with Crippen molar-refractivity contribution in [2.45, 2.75) is 19.4 Å². The van der Waals surface area contributed by atoms with Crippen molar-refractivity contribution >= 4 is 28.6 Å². The zero-order valence-electron chi connectivity index (χ0n) is 10.1. The predicted molar refractivity (Wildman–Crippen MR) is 72.7 cm³/mol. The lowest BCUT2D eigenvalue weighted by molar-refractivity contribution is 0.0490. The molecule has 1 unspecified atom stereocenters. The van der Waals surface area contributed by atoms with E-state index >= 15 is 0 Å². The van der Waals surface area contributed by atoms with Gasteiger partial charge in [0.2, 0.25) is 5.95 Å². The van der Waals surface area contributed by atoms with Gasteiger partial charge < -0.3 is 15.0 Å². The lowest BCUT2D eigenvalue weighted by Crippen LogP contribution is -2.22. The van der Waals surface area contributed by atoms with E-state index in [1.54, 1.807) is 0 Å². The Morgan fingerprint density at radius 3 is 3.17 bits per heavy atom. The molecule has 0 bridgehead atoms. The number of fused-ring (bicyclic) bond motifs is 1. The van der Waals surface area contributed by atoms with Crippen LogP contribution in [0.2, 0.25) is 5.02 Å². The van der Waals surface area contributed by atoms with Crippen molar-refractivity contribution in [3.63, 3.8) is 0 Å². The van der Waals surface area contributed by atoms with Gasteiger partial charge in [-0.2, -0.15) is 0 Å². The number of imidazole rings is 1. The van der Waals surface area contributed by atoms with E-state index in [0.29, 0.717) is 16.9 Å². The van der Waals surface area contributed by atoms with Gasteiger partial charge in [0, 0.05) is 19.1 Å². The summed E-state index contributed by atoms with van der Waals surface area (Å²) in [4.78, 5) is 4.35. The molecule has 1 fully saturated rings. The van der Waals surface area contributed by atoms with Crippen molar-refractivity contribution in [3.05, 3.63) is 23.2 Å². The minimum absolute atomic E-state index is 0.512. The summed E-state index contributed by atoms with van der Waals surface area (Å²) in [5.74, 6) is 1.04. The molecule has 0 aliphatic carbocycles. The maximum absolute atomic E-state index is 6.13. The molecule has 3 rings (SSSR count). The number of rotatable bonds is 2. The number of nitrogens with zero attached hydrogens (tertiary/aromatic N) is 2. The van der Waals surface area contributed by atoms with E-state index in [9.17, 15) is 0 Å². The molecular formula is C13H16ClN3O. The van der Waals surface area contributed by atoms with Crippen LogP contribution in [0.25, 0.3) is 11.0 Å². The Hall–Kier alpha value is -1.26. The largest absolute Gasteiger partial charge is 0.381 e. The second-order valence-corrected chi connectivity index (χ2v) is 5.18. The van der Waals surface area contributed by atoms with Crippen LogP contribution in [-0.2, 0) is 11.3 Å². The van der Waals surface area contributed by atoms with E-state index in [1.165, 1.54) is 6.42 Å². The summed E-state index contributed by atoms with van der Waals surface area (Å²) in [6, 6.07) is 5.78. The molecule has 18 heavy (non-hydrogen) atoms. The highest BCUT2D eigenvalue weighted by molar-refractivity contribution is 6.35. The predicted octanol–water partition coefficient (Wildman–Crippen LogP) is 2.70. The maximum atomic E-state index is 6.13. The highest BCUT2D eigenvalue weighted by Gasteiger charge is 2.18. The first-order valence-corrected chi connectivity index (χ1v) is 6.61. The average Bonchev–Trinajstić information content (AvgIpc) is 2.70. The molecule has 0 saturated carbocycles. The van der Waals surface area contributed by atoms with Gasteiger partial charge in [0.25, 0.3) is 0 Å². The Morgan fingerprint density at radius 1 is 1.50 bits per heavy atom. The molecule has 4 nitrogen and oxygen atoms in total. The second kappa shape index (κ2) is 4.78. The standard InChI is InChI=1S/C13H16ClN3O/c14-10-4-1-5-11-12(10)16-13(15)17(11)7-9-3-2-6-18-8-9/h1,4-5,9H,2-3,6-8H2,(H2,15,16). The summed E-state index contributed by atoms with van der Waals surface area (Å²) in [5.41, 5.74) is 7.78. The van der Waals surface area contributed by atoms with E-state index in [4.69, 9.17) is 22.1 Å². The quantitative estimate of drug-likeness (QED) is 0.908. The van der Waals surface area contributed by atoms with E-state index < -0.39 is 0 Å². The number of nitrogen functional groups attached to an aromatic ring is 1. The smallest absolute Gasteiger partial charge is 0.201 e. The highest BCUT2D eigenvalue weighted by atomic mass is 35.5. The molecule has 1 aliphatic heterocycles. The van der Waals surface area contributed by atoms with Crippen LogP contribution in [0.1, 0.15) is 12.8 Å². The fourth-order valence-corrected chi connectivity index (χ4v) is 2.74. The number of benzene rings is 1. The fraction of sp³-hybridized carbons (Fsp3) is 0.462. The Kier molecular flexibility index (Phi) is 3.14. The number of anilines is 1. The fourth-order valence-electron chi connectivity index (χ4n) is 2.53. The number of ether oxygens (including phenoxy) is 1. The first-order chi connectivity index (χ1) is 8.75. The molecule has 96 valence electrons. The number of nitrogens with two attached hydrogens (primary N) is 1. The molecule has 2 heterocycles. The van der Waals surface area contributed by atoms with E-state index in [-0.39, 0.29) is 0 Å². The molecule has 1 aliphatic rings. The van der Waals surface area contributed by atoms with Crippen LogP contribution >= 0.6 is 11.6 Å². The van der Waals surface area contributed by atoms with Crippen LogP contribution in [0.15, 0.2) is 18.2 Å². The summed E-state index contributed by atoms with van der Waals surface area (Å²) >= 11 is 6.13. The average molecular weight is 266 g/mol. The summed E-state index contributed by atoms with van der Waals surface area (Å²) in [7, 11) is 0. The summed E-state index contributed by atoms with van der Waals surface area (Å²) in [5, 5.41) is 0.651. The minimum atomic E-state index is 0.512. The number of hydrogen-bond donors (Lipinski definition) is 1. The summed E-state index contributed by atoms with van der Waals surface area (Å²) in [6.07, 6.45) is 2.30. The molecule has 5 heteroatoms. The number of para-hydroxylation sites is 1. The topological polar surface area (TPSA) is 53.1 Å². The second-order valence-electron chi connectivity index (χ2n) is 4.77. The number of halogens is 1. The first-order valence-electron chi connectivity index (χ1n) is 6.23. The highest BCUT2D eigenvalue weighted by Crippen LogP contribution is 2.27. The third-order valence-electron chi connectivity index (χ3n) is 3.45. The van der Waals surface area contributed by atoms with Crippen LogP contribution in [-0.4, -0.2) is 22.8 Å². The van der Waals surface area contributed by atoms with Crippen molar-refractivity contribution < 1.29 is 4.74 Å². The molecule has 1 atom stereocenters. The molecule has 1 aromatic carbocycles. The zero-order chi connectivity index (χ0) is 12.5. The van der Waals surface area contributed by atoms with Crippen LogP contribution < -0.4 is 5.73 Å². The van der Waals surface area contributed by atoms with Crippen LogP contribution in [0.4, 0.5) is 5.95 Å². The number of hydrogen-bond acceptors (Lipinski definition) is 3. The Balaban J connectivity index is 1.95. The normalized spacial score (nSPS) is 20.4. The molecule has 2 N–H and O–H groups in total. The Bertz CT molecular complexity index is 561. The van der Waals surface area contributed by atoms with Gasteiger partial charge in [-0.15, -0.1) is 0 Å². The molecule has 0 spiro atoms. The maximum Gasteiger partial charge on any atom is 0.201 e. The van der Waals surface area contributed by atoms with Crippen LogP contribution in [0.5, 0.6) is 0 Å². The van der Waals surface area contributed by atoms with Gasteiger partial charge in [0.15, 0.2) is 0 Å². The minimum Gasteiger partial charge on any atom is -0.381 e. The van der Waals surface area contributed by atoms with Crippen molar-refractivity contribution in [1.29, 1.82) is 0 Å². The van der Waals surface area contributed by atoms with Crippen LogP contribution in [0, 0.1) is 5.92 Å². The van der Waals surface area contributed by atoms with E-state index in [1.807, 2.05) is 22.8 Å². The Labute approximate surface area is 111 Å². The van der Waals surface area contributed by atoms with Gasteiger partial charge >= 0.3 is 0 Å². The third kappa shape index (κ3) is 2.06. The molecule has 2 aromatic rings. The van der Waals surface area contributed by atoms with Gasteiger partial charge in [0.1, 0.15) is 5.52 Å². The monoisotopic (exact) mass is 265 g/mol. The van der Waals surface area contributed by atoms with E-state index in [2.05, 4.69) is 4.98 Å². The molecule has 0 amide bonds. The van der Waals surface area contributed by atoms with Crippen LogP contribution in [0.3, 0.4) is 0 Å². The third-order valence-corrected chi connectivity index (χ3v) is 3.76. The molecule has 1 saturated heterocycles. The van der Waals surface area contributed by atoms with Gasteiger partial charge in [-0.05, 0) is 25.0 Å². The number of aromatic nitrogens is 2. The van der Waals surface area contributed by atoms with Gasteiger partial charge in [-0.3, -0.25) is 0 Å². The summed E-state index contributed by atoms with van der Waals surface area (Å²) < 4.78 is 7.55. The lowest BCUT2D eigenvalue weighted by atomic mass is 10.0.